The number of likely N-dealkylation sites (N-methyl/N-ethyl adjacent to an activating group) is 1. The van der Waals surface area contributed by atoms with Crippen LogP contribution in [0.15, 0.2) is 49.1 Å². The van der Waals surface area contributed by atoms with Gasteiger partial charge in [-0.3, -0.25) is 4.79 Å². The SMILES string of the molecule is CN1CCN(c2ccc(NC(=O)c3cc4cccn4cn3)nc2)CC1. The number of nitrogens with zero attached hydrogens (tertiary/aromatic N) is 5. The van der Waals surface area contributed by atoms with E-state index in [0.717, 1.165) is 37.4 Å². The summed E-state index contributed by atoms with van der Waals surface area (Å²) in [6.45, 7) is 4.08. The molecular weight excluding hydrogens is 316 g/mol. The highest BCUT2D eigenvalue weighted by atomic mass is 16.1. The van der Waals surface area contributed by atoms with Gasteiger partial charge in [0.2, 0.25) is 0 Å². The van der Waals surface area contributed by atoms with Gasteiger partial charge in [0.1, 0.15) is 11.5 Å². The monoisotopic (exact) mass is 336 g/mol. The largest absolute Gasteiger partial charge is 0.368 e. The maximum atomic E-state index is 12.4. The second-order valence-corrected chi connectivity index (χ2v) is 6.26. The number of anilines is 2. The number of nitrogens with one attached hydrogen (secondary N) is 1. The highest BCUT2D eigenvalue weighted by Crippen LogP contribution is 2.17. The number of hydrogen-bond donors (Lipinski definition) is 1. The Bertz CT molecular complexity index is 880. The molecule has 0 atom stereocenters. The zero-order chi connectivity index (χ0) is 17.2. The highest BCUT2D eigenvalue weighted by Gasteiger charge is 2.15. The number of fused-ring (bicyclic) bond motifs is 1. The van der Waals surface area contributed by atoms with Gasteiger partial charge < -0.3 is 19.5 Å². The van der Waals surface area contributed by atoms with Gasteiger partial charge in [-0.05, 0) is 37.4 Å². The zero-order valence-electron chi connectivity index (χ0n) is 14.1. The van der Waals surface area contributed by atoms with E-state index in [1.807, 2.05) is 41.1 Å². The molecule has 0 saturated carbocycles. The lowest BCUT2D eigenvalue weighted by atomic mass is 10.3. The number of aromatic nitrogens is 3. The lowest BCUT2D eigenvalue weighted by Gasteiger charge is -2.33. The molecule has 1 aliphatic rings. The number of hydrogen-bond acceptors (Lipinski definition) is 5. The van der Waals surface area contributed by atoms with Crippen LogP contribution < -0.4 is 10.2 Å². The Balaban J connectivity index is 1.44. The van der Waals surface area contributed by atoms with Crippen molar-refractivity contribution in [3.05, 3.63) is 54.7 Å². The van der Waals surface area contributed by atoms with E-state index in [1.54, 1.807) is 12.4 Å². The van der Waals surface area contributed by atoms with Crippen molar-refractivity contribution in [1.82, 2.24) is 19.3 Å². The molecule has 0 unspecified atom stereocenters. The molecule has 3 aromatic rings. The van der Waals surface area contributed by atoms with Crippen LogP contribution >= 0.6 is 0 Å². The van der Waals surface area contributed by atoms with Crippen LogP contribution in [0.4, 0.5) is 11.5 Å². The maximum Gasteiger partial charge on any atom is 0.275 e. The van der Waals surface area contributed by atoms with E-state index in [1.165, 1.54) is 0 Å². The molecule has 0 aromatic carbocycles. The summed E-state index contributed by atoms with van der Waals surface area (Å²) < 4.78 is 1.86. The number of amides is 1. The van der Waals surface area contributed by atoms with Crippen molar-refractivity contribution < 1.29 is 4.79 Å². The third-order valence-electron chi connectivity index (χ3n) is 4.51. The van der Waals surface area contributed by atoms with E-state index in [-0.39, 0.29) is 5.91 Å². The molecule has 4 rings (SSSR count). The molecule has 128 valence electrons. The van der Waals surface area contributed by atoms with Gasteiger partial charge >= 0.3 is 0 Å². The van der Waals surface area contributed by atoms with Gasteiger partial charge in [-0.1, -0.05) is 0 Å². The Morgan fingerprint density at radius 2 is 1.96 bits per heavy atom. The number of carbonyl (C=O) groups is 1. The van der Waals surface area contributed by atoms with Crippen LogP contribution in [0.3, 0.4) is 0 Å². The second-order valence-electron chi connectivity index (χ2n) is 6.26. The second kappa shape index (κ2) is 6.52. The molecular formula is C18H20N6O. The van der Waals surface area contributed by atoms with E-state index >= 15 is 0 Å². The number of carbonyl (C=O) groups excluding carboxylic acids is 1. The molecule has 3 aromatic heterocycles. The van der Waals surface area contributed by atoms with Gasteiger partial charge in [0, 0.05) is 37.9 Å². The first-order chi connectivity index (χ1) is 12.2. The third-order valence-corrected chi connectivity index (χ3v) is 4.51. The molecule has 1 fully saturated rings. The average Bonchev–Trinajstić information content (AvgIpc) is 3.11. The van der Waals surface area contributed by atoms with Crippen LogP contribution in [-0.2, 0) is 0 Å². The summed E-state index contributed by atoms with van der Waals surface area (Å²) in [4.78, 5) is 25.5. The average molecular weight is 336 g/mol. The van der Waals surface area contributed by atoms with Crippen molar-refractivity contribution in [1.29, 1.82) is 0 Å². The van der Waals surface area contributed by atoms with Crippen LogP contribution in [0.2, 0.25) is 0 Å². The summed E-state index contributed by atoms with van der Waals surface area (Å²) in [5.74, 6) is 0.267. The van der Waals surface area contributed by atoms with Crippen LogP contribution in [-0.4, -0.2) is 58.4 Å². The number of pyridine rings is 1. The fourth-order valence-corrected chi connectivity index (χ4v) is 2.95. The normalized spacial score (nSPS) is 15.5. The molecule has 7 nitrogen and oxygen atoms in total. The van der Waals surface area contributed by atoms with Crippen molar-refractivity contribution in [2.45, 2.75) is 0 Å². The Labute approximate surface area is 145 Å². The van der Waals surface area contributed by atoms with E-state index in [4.69, 9.17) is 0 Å². The minimum absolute atomic E-state index is 0.261. The van der Waals surface area contributed by atoms with Crippen LogP contribution in [0.1, 0.15) is 10.5 Å². The predicted molar refractivity (Wildman–Crippen MR) is 97.1 cm³/mol. The minimum atomic E-state index is -0.261. The molecule has 1 saturated heterocycles. The van der Waals surface area contributed by atoms with Crippen LogP contribution in [0.5, 0.6) is 0 Å². The Hall–Kier alpha value is -2.93. The summed E-state index contributed by atoms with van der Waals surface area (Å²) in [5, 5.41) is 2.80. The van der Waals surface area contributed by atoms with Gasteiger partial charge in [0.25, 0.3) is 5.91 Å². The van der Waals surface area contributed by atoms with Crippen molar-refractivity contribution in [2.75, 3.05) is 43.4 Å². The topological polar surface area (TPSA) is 65.8 Å². The number of piperazine rings is 1. The summed E-state index contributed by atoms with van der Waals surface area (Å²) in [6.07, 6.45) is 5.33. The molecule has 0 aliphatic carbocycles. The quantitative estimate of drug-likeness (QED) is 0.789. The van der Waals surface area contributed by atoms with Gasteiger partial charge in [-0.25, -0.2) is 9.97 Å². The van der Waals surface area contributed by atoms with Gasteiger partial charge in [-0.2, -0.15) is 0 Å². The molecule has 0 radical (unpaired) electrons. The van der Waals surface area contributed by atoms with E-state index in [9.17, 15) is 4.79 Å². The standard InChI is InChI=1S/C18H20N6O/c1-22-7-9-23(10-8-22)15-4-5-17(19-12-15)21-18(25)16-11-14-3-2-6-24(14)13-20-16/h2-6,11-13H,7-10H2,1H3,(H,19,21,25). The van der Waals surface area contributed by atoms with Crippen molar-refractivity contribution in [2.24, 2.45) is 0 Å². The van der Waals surface area contributed by atoms with E-state index in [2.05, 4.69) is 32.1 Å². The summed E-state index contributed by atoms with van der Waals surface area (Å²) >= 11 is 0. The summed E-state index contributed by atoms with van der Waals surface area (Å²) in [7, 11) is 2.13. The molecule has 25 heavy (non-hydrogen) atoms. The first kappa shape index (κ1) is 15.6. The number of rotatable bonds is 3. The van der Waals surface area contributed by atoms with Crippen molar-refractivity contribution in [3.8, 4) is 0 Å². The molecule has 1 amide bonds. The predicted octanol–water partition coefficient (Wildman–Crippen LogP) is 1.73. The summed E-state index contributed by atoms with van der Waals surface area (Å²) in [5.41, 5.74) is 2.38. The van der Waals surface area contributed by atoms with E-state index < -0.39 is 0 Å². The third kappa shape index (κ3) is 3.32. The Kier molecular flexibility index (Phi) is 4.07. The lowest BCUT2D eigenvalue weighted by molar-refractivity contribution is 0.102. The zero-order valence-corrected chi connectivity index (χ0v) is 14.1. The summed E-state index contributed by atoms with van der Waals surface area (Å²) in [6, 6.07) is 9.44. The minimum Gasteiger partial charge on any atom is -0.368 e. The van der Waals surface area contributed by atoms with Crippen molar-refractivity contribution in [3.63, 3.8) is 0 Å². The molecule has 0 bridgehead atoms. The first-order valence-electron chi connectivity index (χ1n) is 8.33. The molecule has 1 aliphatic heterocycles. The molecule has 1 N–H and O–H groups in total. The first-order valence-corrected chi connectivity index (χ1v) is 8.33. The molecule has 0 spiro atoms. The van der Waals surface area contributed by atoms with Gasteiger partial charge in [0.15, 0.2) is 0 Å². The Morgan fingerprint density at radius 1 is 1.12 bits per heavy atom. The Morgan fingerprint density at radius 3 is 2.72 bits per heavy atom. The van der Waals surface area contributed by atoms with E-state index in [0.29, 0.717) is 11.5 Å². The van der Waals surface area contributed by atoms with Gasteiger partial charge in [0.05, 0.1) is 18.2 Å². The lowest BCUT2D eigenvalue weighted by Crippen LogP contribution is -2.44. The van der Waals surface area contributed by atoms with Gasteiger partial charge in [-0.15, -0.1) is 0 Å². The molecule has 4 heterocycles. The van der Waals surface area contributed by atoms with Crippen LogP contribution in [0, 0.1) is 0 Å². The smallest absolute Gasteiger partial charge is 0.275 e. The van der Waals surface area contributed by atoms with Crippen molar-refractivity contribution >= 4 is 22.9 Å². The fraction of sp³-hybridized carbons (Fsp3) is 0.278. The maximum absolute atomic E-state index is 12.4. The fourth-order valence-electron chi connectivity index (χ4n) is 2.95. The molecule has 7 heteroatoms. The highest BCUT2D eigenvalue weighted by molar-refractivity contribution is 6.02. The van der Waals surface area contributed by atoms with Crippen LogP contribution in [0.25, 0.3) is 5.52 Å².